The zero-order chi connectivity index (χ0) is 13.4. The van der Waals surface area contributed by atoms with Gasteiger partial charge in [-0.05, 0) is 19.2 Å². The van der Waals surface area contributed by atoms with E-state index in [4.69, 9.17) is 9.47 Å². The number of ether oxygens (including phenoxy) is 2. The summed E-state index contributed by atoms with van der Waals surface area (Å²) in [7, 11) is 5.20. The van der Waals surface area contributed by atoms with Gasteiger partial charge >= 0.3 is 0 Å². The second kappa shape index (κ2) is 7.55. The molecule has 0 bridgehead atoms. The van der Waals surface area contributed by atoms with Gasteiger partial charge in [0.15, 0.2) is 6.61 Å². The molecule has 0 unspecified atom stereocenters. The van der Waals surface area contributed by atoms with Crippen molar-refractivity contribution in [2.75, 3.05) is 40.9 Å². The normalized spacial score (nSPS) is 9.94. The minimum Gasteiger partial charge on any atom is -0.497 e. The lowest BCUT2D eigenvalue weighted by Gasteiger charge is -2.17. The molecule has 0 aliphatic carbocycles. The van der Waals surface area contributed by atoms with Crippen molar-refractivity contribution in [3.05, 3.63) is 24.3 Å². The van der Waals surface area contributed by atoms with Crippen molar-refractivity contribution >= 4 is 5.91 Å². The maximum absolute atomic E-state index is 11.7. The van der Waals surface area contributed by atoms with Crippen LogP contribution in [0.15, 0.2) is 24.3 Å². The number of rotatable bonds is 7. The third-order valence-electron chi connectivity index (χ3n) is 2.53. The van der Waals surface area contributed by atoms with E-state index < -0.39 is 0 Å². The predicted molar refractivity (Wildman–Crippen MR) is 70.1 cm³/mol. The topological polar surface area (TPSA) is 50.8 Å². The Balaban J connectivity index is 2.41. The molecule has 5 heteroatoms. The van der Waals surface area contributed by atoms with E-state index in [-0.39, 0.29) is 12.5 Å². The quantitative estimate of drug-likeness (QED) is 0.778. The molecule has 0 spiro atoms. The van der Waals surface area contributed by atoms with Crippen molar-refractivity contribution in [2.45, 2.75) is 0 Å². The maximum atomic E-state index is 11.7. The molecule has 0 aliphatic rings. The number of nitrogens with zero attached hydrogens (tertiary/aromatic N) is 1. The Kier molecular flexibility index (Phi) is 6.00. The standard InChI is InChI=1S/C13H20N2O3/c1-14-7-8-15(2)13(16)10-18-12-6-4-5-11(9-12)17-3/h4-6,9,14H,7-8,10H2,1-3H3. The van der Waals surface area contributed by atoms with Crippen molar-refractivity contribution in [3.8, 4) is 11.5 Å². The Hall–Kier alpha value is -1.75. The van der Waals surface area contributed by atoms with E-state index in [1.807, 2.05) is 19.2 Å². The SMILES string of the molecule is CNCCN(C)C(=O)COc1cccc(OC)c1. The van der Waals surface area contributed by atoms with Gasteiger partial charge in [0.05, 0.1) is 7.11 Å². The van der Waals surface area contributed by atoms with Crippen LogP contribution in [0, 0.1) is 0 Å². The molecule has 5 nitrogen and oxygen atoms in total. The molecule has 0 fully saturated rings. The van der Waals surface area contributed by atoms with Crippen LogP contribution >= 0.6 is 0 Å². The van der Waals surface area contributed by atoms with Crippen LogP contribution in [0.1, 0.15) is 0 Å². The molecule has 1 amide bonds. The van der Waals surface area contributed by atoms with Crippen LogP contribution in [-0.4, -0.2) is 51.7 Å². The van der Waals surface area contributed by atoms with Crippen LogP contribution in [0.4, 0.5) is 0 Å². The minimum absolute atomic E-state index is 0.0351. The lowest BCUT2D eigenvalue weighted by molar-refractivity contribution is -0.131. The molecule has 18 heavy (non-hydrogen) atoms. The van der Waals surface area contributed by atoms with Gasteiger partial charge in [-0.3, -0.25) is 4.79 Å². The molecule has 1 aromatic carbocycles. The average molecular weight is 252 g/mol. The van der Waals surface area contributed by atoms with E-state index in [0.29, 0.717) is 18.0 Å². The van der Waals surface area contributed by atoms with Crippen molar-refractivity contribution in [3.63, 3.8) is 0 Å². The Morgan fingerprint density at radius 3 is 2.78 bits per heavy atom. The number of carbonyl (C=O) groups excluding carboxylic acids is 1. The van der Waals surface area contributed by atoms with Crippen LogP contribution in [0.25, 0.3) is 0 Å². The highest BCUT2D eigenvalue weighted by Gasteiger charge is 2.08. The molecule has 0 radical (unpaired) electrons. The van der Waals surface area contributed by atoms with Gasteiger partial charge in [0.1, 0.15) is 11.5 Å². The lowest BCUT2D eigenvalue weighted by Crippen LogP contribution is -2.35. The molecular formula is C13H20N2O3. The number of amides is 1. The van der Waals surface area contributed by atoms with Crippen molar-refractivity contribution < 1.29 is 14.3 Å². The number of benzene rings is 1. The molecule has 1 aromatic rings. The molecule has 0 aliphatic heterocycles. The van der Waals surface area contributed by atoms with E-state index in [0.717, 1.165) is 6.54 Å². The maximum Gasteiger partial charge on any atom is 0.260 e. The van der Waals surface area contributed by atoms with Crippen molar-refractivity contribution in [1.29, 1.82) is 0 Å². The van der Waals surface area contributed by atoms with Gasteiger partial charge < -0.3 is 19.7 Å². The largest absolute Gasteiger partial charge is 0.497 e. The highest BCUT2D eigenvalue weighted by atomic mass is 16.5. The van der Waals surface area contributed by atoms with Gasteiger partial charge in [0.2, 0.25) is 0 Å². The summed E-state index contributed by atoms with van der Waals surface area (Å²) in [5.74, 6) is 1.29. The second-order valence-electron chi connectivity index (χ2n) is 3.89. The summed E-state index contributed by atoms with van der Waals surface area (Å²) in [5.41, 5.74) is 0. The van der Waals surface area contributed by atoms with Crippen molar-refractivity contribution in [2.24, 2.45) is 0 Å². The molecule has 1 rings (SSSR count). The monoisotopic (exact) mass is 252 g/mol. The molecule has 0 saturated carbocycles. The van der Waals surface area contributed by atoms with Crippen LogP contribution in [0.2, 0.25) is 0 Å². The summed E-state index contributed by atoms with van der Waals surface area (Å²) in [4.78, 5) is 13.4. The first kappa shape index (κ1) is 14.3. The van der Waals surface area contributed by atoms with Gasteiger partial charge in [-0.15, -0.1) is 0 Å². The summed E-state index contributed by atoms with van der Waals surface area (Å²) in [6.45, 7) is 1.46. The Labute approximate surface area is 108 Å². The molecule has 0 saturated heterocycles. The van der Waals surface area contributed by atoms with E-state index in [2.05, 4.69) is 5.32 Å². The third kappa shape index (κ3) is 4.63. The van der Waals surface area contributed by atoms with Crippen LogP contribution in [0.3, 0.4) is 0 Å². The molecule has 0 aromatic heterocycles. The van der Waals surface area contributed by atoms with E-state index in [1.165, 1.54) is 0 Å². The fraction of sp³-hybridized carbons (Fsp3) is 0.462. The number of hydrogen-bond acceptors (Lipinski definition) is 4. The highest BCUT2D eigenvalue weighted by molar-refractivity contribution is 5.77. The number of hydrogen-bond donors (Lipinski definition) is 1. The van der Waals surface area contributed by atoms with Crippen LogP contribution < -0.4 is 14.8 Å². The number of likely N-dealkylation sites (N-methyl/N-ethyl adjacent to an activating group) is 2. The van der Waals surface area contributed by atoms with Gasteiger partial charge in [0.25, 0.3) is 5.91 Å². The fourth-order valence-electron chi connectivity index (χ4n) is 1.35. The first-order valence-electron chi connectivity index (χ1n) is 5.82. The lowest BCUT2D eigenvalue weighted by atomic mass is 10.3. The average Bonchev–Trinajstić information content (AvgIpc) is 2.42. The summed E-state index contributed by atoms with van der Waals surface area (Å²) < 4.78 is 10.5. The van der Waals surface area contributed by atoms with Crippen LogP contribution in [-0.2, 0) is 4.79 Å². The smallest absolute Gasteiger partial charge is 0.260 e. The molecule has 100 valence electrons. The van der Waals surface area contributed by atoms with E-state index >= 15 is 0 Å². The third-order valence-corrected chi connectivity index (χ3v) is 2.53. The van der Waals surface area contributed by atoms with E-state index in [1.54, 1.807) is 31.2 Å². The Bertz CT molecular complexity index is 382. The summed E-state index contributed by atoms with van der Waals surface area (Å²) in [5, 5.41) is 2.99. The van der Waals surface area contributed by atoms with Crippen LogP contribution in [0.5, 0.6) is 11.5 Å². The van der Waals surface area contributed by atoms with E-state index in [9.17, 15) is 4.79 Å². The van der Waals surface area contributed by atoms with Gasteiger partial charge in [-0.2, -0.15) is 0 Å². The molecule has 0 atom stereocenters. The minimum atomic E-state index is -0.0481. The summed E-state index contributed by atoms with van der Waals surface area (Å²) in [6.07, 6.45) is 0. The highest BCUT2D eigenvalue weighted by Crippen LogP contribution is 2.18. The zero-order valence-corrected chi connectivity index (χ0v) is 11.1. The number of methoxy groups -OCH3 is 1. The molecule has 1 N–H and O–H groups in total. The number of nitrogens with one attached hydrogen (secondary N) is 1. The summed E-state index contributed by atoms with van der Waals surface area (Å²) in [6, 6.07) is 7.20. The predicted octanol–water partition coefficient (Wildman–Crippen LogP) is 0.752. The Morgan fingerprint density at radius 2 is 2.11 bits per heavy atom. The second-order valence-corrected chi connectivity index (χ2v) is 3.89. The summed E-state index contributed by atoms with van der Waals surface area (Å²) >= 11 is 0. The Morgan fingerprint density at radius 1 is 1.39 bits per heavy atom. The molecular weight excluding hydrogens is 232 g/mol. The van der Waals surface area contributed by atoms with Gasteiger partial charge in [-0.1, -0.05) is 6.07 Å². The van der Waals surface area contributed by atoms with Gasteiger partial charge in [-0.25, -0.2) is 0 Å². The fourth-order valence-corrected chi connectivity index (χ4v) is 1.35. The number of carbonyl (C=O) groups is 1. The van der Waals surface area contributed by atoms with Gasteiger partial charge in [0, 0.05) is 26.2 Å². The van der Waals surface area contributed by atoms with Crippen molar-refractivity contribution in [1.82, 2.24) is 10.2 Å². The first-order chi connectivity index (χ1) is 8.67. The first-order valence-corrected chi connectivity index (χ1v) is 5.82. The zero-order valence-electron chi connectivity index (χ0n) is 11.1. The molecule has 0 heterocycles.